The topological polar surface area (TPSA) is 58.6 Å². The standard InChI is InChI=1S/C26H28N2O3/c1-19-9-11-21(12-10-19)17-27-26(30)25(23-7-5-4-6-8-23)28(20(2)29)18-22-13-15-24(31-3)16-14-22/h4-16,25H,17-18H2,1-3H3,(H,27,30)/t25-/m0/s1. The Hall–Kier alpha value is -3.60. The average Bonchev–Trinajstić information content (AvgIpc) is 2.79. The van der Waals surface area contributed by atoms with Crippen molar-refractivity contribution in [1.82, 2.24) is 10.2 Å². The lowest BCUT2D eigenvalue weighted by atomic mass is 10.0. The minimum absolute atomic E-state index is 0.171. The van der Waals surface area contributed by atoms with E-state index in [2.05, 4.69) is 5.32 Å². The fraction of sp³-hybridized carbons (Fsp3) is 0.231. The Bertz CT molecular complexity index is 999. The van der Waals surface area contributed by atoms with Crippen molar-refractivity contribution < 1.29 is 14.3 Å². The number of methoxy groups -OCH3 is 1. The van der Waals surface area contributed by atoms with Crippen molar-refractivity contribution in [3.8, 4) is 5.75 Å². The van der Waals surface area contributed by atoms with Crippen molar-refractivity contribution in [2.24, 2.45) is 0 Å². The highest BCUT2D eigenvalue weighted by molar-refractivity contribution is 5.88. The molecule has 5 heteroatoms. The largest absolute Gasteiger partial charge is 0.497 e. The Labute approximate surface area is 183 Å². The summed E-state index contributed by atoms with van der Waals surface area (Å²) in [6.07, 6.45) is 0. The molecule has 0 saturated carbocycles. The summed E-state index contributed by atoms with van der Waals surface area (Å²) in [5, 5.41) is 3.00. The Morgan fingerprint density at radius 1 is 0.903 bits per heavy atom. The van der Waals surface area contributed by atoms with E-state index in [9.17, 15) is 9.59 Å². The fourth-order valence-corrected chi connectivity index (χ4v) is 3.41. The van der Waals surface area contributed by atoms with Gasteiger partial charge in [0.15, 0.2) is 0 Å². The quantitative estimate of drug-likeness (QED) is 0.592. The molecule has 3 aromatic carbocycles. The second-order valence-electron chi connectivity index (χ2n) is 7.51. The first kappa shape index (κ1) is 22.1. The molecule has 0 aliphatic carbocycles. The first-order chi connectivity index (χ1) is 15.0. The van der Waals surface area contributed by atoms with Gasteiger partial charge in [-0.05, 0) is 35.7 Å². The van der Waals surface area contributed by atoms with Gasteiger partial charge < -0.3 is 15.0 Å². The number of nitrogens with zero attached hydrogens (tertiary/aromatic N) is 1. The molecule has 0 fully saturated rings. The lowest BCUT2D eigenvalue weighted by molar-refractivity contribution is -0.140. The number of nitrogens with one attached hydrogen (secondary N) is 1. The summed E-state index contributed by atoms with van der Waals surface area (Å²) in [5.74, 6) is 0.360. The first-order valence-corrected chi connectivity index (χ1v) is 10.3. The minimum Gasteiger partial charge on any atom is -0.497 e. The average molecular weight is 417 g/mol. The molecule has 0 aliphatic heterocycles. The van der Waals surface area contributed by atoms with Crippen molar-refractivity contribution in [2.75, 3.05) is 7.11 Å². The molecular weight excluding hydrogens is 388 g/mol. The predicted octanol–water partition coefficient (Wildman–Crippen LogP) is 4.41. The summed E-state index contributed by atoms with van der Waals surface area (Å²) < 4.78 is 5.21. The molecule has 3 aromatic rings. The summed E-state index contributed by atoms with van der Waals surface area (Å²) in [4.78, 5) is 27.5. The van der Waals surface area contributed by atoms with Gasteiger partial charge in [-0.1, -0.05) is 72.3 Å². The van der Waals surface area contributed by atoms with Gasteiger partial charge in [-0.2, -0.15) is 0 Å². The number of aryl methyl sites for hydroxylation is 1. The molecule has 0 saturated heterocycles. The van der Waals surface area contributed by atoms with Crippen molar-refractivity contribution in [2.45, 2.75) is 33.0 Å². The van der Waals surface area contributed by atoms with Crippen molar-refractivity contribution in [1.29, 1.82) is 0 Å². The van der Waals surface area contributed by atoms with Crippen LogP contribution in [0.1, 0.15) is 35.2 Å². The molecular formula is C26H28N2O3. The van der Waals surface area contributed by atoms with E-state index in [0.29, 0.717) is 13.1 Å². The highest BCUT2D eigenvalue weighted by atomic mass is 16.5. The summed E-state index contributed by atoms with van der Waals surface area (Å²) in [5.41, 5.74) is 3.87. The molecule has 0 aromatic heterocycles. The number of carbonyl (C=O) groups excluding carboxylic acids is 2. The highest BCUT2D eigenvalue weighted by Crippen LogP contribution is 2.24. The molecule has 0 bridgehead atoms. The van der Waals surface area contributed by atoms with Gasteiger partial charge in [0.05, 0.1) is 7.11 Å². The van der Waals surface area contributed by atoms with Crippen LogP contribution >= 0.6 is 0 Å². The Balaban J connectivity index is 1.85. The van der Waals surface area contributed by atoms with Crippen LogP contribution in [0.3, 0.4) is 0 Å². The maximum Gasteiger partial charge on any atom is 0.247 e. The lowest BCUT2D eigenvalue weighted by Gasteiger charge is -2.30. The second kappa shape index (κ2) is 10.4. The summed E-state index contributed by atoms with van der Waals surface area (Å²) in [7, 11) is 1.61. The number of hydrogen-bond acceptors (Lipinski definition) is 3. The molecule has 160 valence electrons. The molecule has 0 unspecified atom stereocenters. The van der Waals surface area contributed by atoms with Gasteiger partial charge in [0, 0.05) is 20.0 Å². The molecule has 31 heavy (non-hydrogen) atoms. The predicted molar refractivity (Wildman–Crippen MR) is 121 cm³/mol. The SMILES string of the molecule is COc1ccc(CN(C(C)=O)[C@H](C(=O)NCc2ccc(C)cc2)c2ccccc2)cc1. The molecule has 1 atom stereocenters. The molecule has 5 nitrogen and oxygen atoms in total. The maximum atomic E-state index is 13.3. The molecule has 2 amide bonds. The molecule has 3 rings (SSSR count). The zero-order valence-corrected chi connectivity index (χ0v) is 18.2. The number of hydrogen-bond donors (Lipinski definition) is 1. The monoisotopic (exact) mass is 416 g/mol. The van der Waals surface area contributed by atoms with Crippen LogP contribution in [-0.4, -0.2) is 23.8 Å². The van der Waals surface area contributed by atoms with Crippen molar-refractivity contribution >= 4 is 11.8 Å². The number of amides is 2. The van der Waals surface area contributed by atoms with Gasteiger partial charge in [-0.25, -0.2) is 0 Å². The molecule has 0 radical (unpaired) electrons. The van der Waals surface area contributed by atoms with Gasteiger partial charge in [-0.15, -0.1) is 0 Å². The normalized spacial score (nSPS) is 11.5. The van der Waals surface area contributed by atoms with Crippen LogP contribution in [0.5, 0.6) is 5.75 Å². The van der Waals surface area contributed by atoms with Gasteiger partial charge in [0.1, 0.15) is 11.8 Å². The molecule has 1 N–H and O–H groups in total. The van der Waals surface area contributed by atoms with Gasteiger partial charge >= 0.3 is 0 Å². The van der Waals surface area contributed by atoms with E-state index >= 15 is 0 Å². The minimum atomic E-state index is -0.730. The van der Waals surface area contributed by atoms with Gasteiger partial charge in [0.25, 0.3) is 0 Å². The Morgan fingerprint density at radius 3 is 2.10 bits per heavy atom. The van der Waals surface area contributed by atoms with Crippen LogP contribution in [0, 0.1) is 6.92 Å². The zero-order valence-electron chi connectivity index (χ0n) is 18.2. The smallest absolute Gasteiger partial charge is 0.247 e. The van der Waals surface area contributed by atoms with Crippen molar-refractivity contribution in [3.05, 3.63) is 101 Å². The number of benzene rings is 3. The third-order valence-corrected chi connectivity index (χ3v) is 5.18. The van der Waals surface area contributed by atoms with Crippen molar-refractivity contribution in [3.63, 3.8) is 0 Å². The summed E-state index contributed by atoms with van der Waals surface area (Å²) in [6.45, 7) is 4.23. The van der Waals surface area contributed by atoms with E-state index in [0.717, 1.165) is 22.4 Å². The second-order valence-corrected chi connectivity index (χ2v) is 7.51. The Kier molecular flexibility index (Phi) is 7.44. The fourth-order valence-electron chi connectivity index (χ4n) is 3.41. The van der Waals surface area contributed by atoms with E-state index < -0.39 is 6.04 Å². The van der Waals surface area contributed by atoms with Crippen LogP contribution in [0.4, 0.5) is 0 Å². The van der Waals surface area contributed by atoms with E-state index in [-0.39, 0.29) is 11.8 Å². The van der Waals surface area contributed by atoms with Gasteiger partial charge in [-0.3, -0.25) is 9.59 Å². The third-order valence-electron chi connectivity index (χ3n) is 5.18. The molecule has 0 aliphatic rings. The van der Waals surface area contributed by atoms with Crippen LogP contribution in [-0.2, 0) is 22.7 Å². The first-order valence-electron chi connectivity index (χ1n) is 10.3. The van der Waals surface area contributed by atoms with Crippen LogP contribution < -0.4 is 10.1 Å². The highest BCUT2D eigenvalue weighted by Gasteiger charge is 2.29. The summed E-state index contributed by atoms with van der Waals surface area (Å²) in [6, 6.07) is 24.2. The maximum absolute atomic E-state index is 13.3. The van der Waals surface area contributed by atoms with E-state index in [1.54, 1.807) is 12.0 Å². The zero-order chi connectivity index (χ0) is 22.2. The number of rotatable bonds is 8. The molecule has 0 heterocycles. The third kappa shape index (κ3) is 5.95. The van der Waals surface area contributed by atoms with Gasteiger partial charge in [0.2, 0.25) is 11.8 Å². The number of carbonyl (C=O) groups is 2. The Morgan fingerprint density at radius 2 is 1.52 bits per heavy atom. The lowest BCUT2D eigenvalue weighted by Crippen LogP contribution is -2.42. The van der Waals surface area contributed by atoms with E-state index in [1.807, 2.05) is 85.8 Å². The van der Waals surface area contributed by atoms with Crippen LogP contribution in [0.25, 0.3) is 0 Å². The summed E-state index contributed by atoms with van der Waals surface area (Å²) >= 11 is 0. The van der Waals surface area contributed by atoms with Crippen LogP contribution in [0.15, 0.2) is 78.9 Å². The van der Waals surface area contributed by atoms with Crippen LogP contribution in [0.2, 0.25) is 0 Å². The number of ether oxygens (including phenoxy) is 1. The molecule has 0 spiro atoms. The van der Waals surface area contributed by atoms with E-state index in [1.165, 1.54) is 12.5 Å². The van der Waals surface area contributed by atoms with E-state index in [4.69, 9.17) is 4.74 Å².